The Bertz CT molecular complexity index is 860. The zero-order valence-corrected chi connectivity index (χ0v) is 17.3. The fourth-order valence-electron chi connectivity index (χ4n) is 2.05. The number of anilines is 2. The third-order valence-corrected chi connectivity index (χ3v) is 3.51. The maximum Gasteiger partial charge on any atom is 0.573 e. The summed E-state index contributed by atoms with van der Waals surface area (Å²) in [6.45, 7) is 6.26. The lowest BCUT2D eigenvalue weighted by Gasteiger charge is -2.17. The smallest absolute Gasteiger partial charge is 0.506 e. The number of nitrogens with two attached hydrogens (primary N) is 2. The molecule has 0 aliphatic rings. The topological polar surface area (TPSA) is 126 Å². The number of hydrogen-bond donors (Lipinski definition) is 3. The number of carbonyl (C=O) groups is 1. The summed E-state index contributed by atoms with van der Waals surface area (Å²) in [6.07, 6.45) is -4.12. The zero-order chi connectivity index (χ0) is 24.1. The number of alkyl halides is 3. The van der Waals surface area contributed by atoms with Gasteiger partial charge in [-0.25, -0.2) is 4.79 Å². The largest absolute Gasteiger partial charge is 0.573 e. The normalized spacial score (nSPS) is 11.5. The van der Waals surface area contributed by atoms with Crippen LogP contribution >= 0.6 is 0 Å². The molecule has 32 heavy (non-hydrogen) atoms. The van der Waals surface area contributed by atoms with E-state index in [0.717, 1.165) is 24.3 Å². The Hall–Kier alpha value is -3.60. The lowest BCUT2D eigenvalue weighted by molar-refractivity contribution is -0.274. The highest BCUT2D eigenvalue weighted by molar-refractivity contribution is 5.81. The van der Waals surface area contributed by atoms with Crippen LogP contribution in [-0.4, -0.2) is 43.4 Å². The Morgan fingerprint density at radius 2 is 1.75 bits per heavy atom. The molecule has 0 heterocycles. The maximum atomic E-state index is 11.6. The number of halogens is 3. The Morgan fingerprint density at radius 3 is 2.28 bits per heavy atom. The molecule has 0 fully saturated rings. The van der Waals surface area contributed by atoms with Crippen molar-refractivity contribution in [2.24, 2.45) is 0 Å². The second-order valence-corrected chi connectivity index (χ2v) is 6.07. The number of rotatable bonds is 9. The van der Waals surface area contributed by atoms with Gasteiger partial charge in [0.05, 0.1) is 12.3 Å². The van der Waals surface area contributed by atoms with E-state index < -0.39 is 29.9 Å². The van der Waals surface area contributed by atoms with E-state index in [0.29, 0.717) is 18.0 Å². The molecule has 1 atom stereocenters. The van der Waals surface area contributed by atoms with Crippen molar-refractivity contribution in [3.8, 4) is 17.2 Å². The average Bonchev–Trinajstić information content (AvgIpc) is 2.73. The van der Waals surface area contributed by atoms with Gasteiger partial charge in [-0.2, -0.15) is 0 Å². The number of phenols is 1. The van der Waals surface area contributed by atoms with E-state index in [4.69, 9.17) is 30.8 Å². The van der Waals surface area contributed by atoms with Crippen LogP contribution in [0.1, 0.15) is 6.92 Å². The number of esters is 1. The molecule has 0 spiro atoms. The van der Waals surface area contributed by atoms with Gasteiger partial charge in [0.25, 0.3) is 0 Å². The molecule has 0 aromatic heterocycles. The second-order valence-electron chi connectivity index (χ2n) is 6.07. The first-order valence-corrected chi connectivity index (χ1v) is 9.27. The minimum absolute atomic E-state index is 0.00507. The number of phenolic OH excluding ortho intramolecular Hbond substituents is 1. The van der Waals surface area contributed by atoms with Crippen molar-refractivity contribution in [3.05, 3.63) is 55.1 Å². The van der Waals surface area contributed by atoms with Crippen LogP contribution in [0, 0.1) is 0 Å². The molecule has 2 rings (SSSR count). The van der Waals surface area contributed by atoms with Crippen LogP contribution in [0.4, 0.5) is 24.5 Å². The highest BCUT2D eigenvalue weighted by atomic mass is 19.4. The third-order valence-electron chi connectivity index (χ3n) is 3.51. The number of carbonyl (C=O) groups excluding carboxylic acids is 1. The Kier molecular flexibility index (Phi) is 10.7. The quantitative estimate of drug-likeness (QED) is 0.225. The molecular formula is C21H25F3N2O6. The number of ether oxygens (including phenoxy) is 4. The molecule has 0 radical (unpaired) electrons. The van der Waals surface area contributed by atoms with Gasteiger partial charge in [0.15, 0.2) is 6.10 Å². The van der Waals surface area contributed by atoms with E-state index in [9.17, 15) is 18.0 Å². The predicted molar refractivity (Wildman–Crippen MR) is 112 cm³/mol. The van der Waals surface area contributed by atoms with Gasteiger partial charge in [-0.15, -0.1) is 13.2 Å². The first-order chi connectivity index (χ1) is 15.0. The molecule has 0 bridgehead atoms. The number of aromatic hydroxyl groups is 1. The minimum atomic E-state index is -4.76. The van der Waals surface area contributed by atoms with E-state index >= 15 is 0 Å². The van der Waals surface area contributed by atoms with Crippen LogP contribution in [0.5, 0.6) is 17.2 Å². The summed E-state index contributed by atoms with van der Waals surface area (Å²) >= 11 is 0. The van der Waals surface area contributed by atoms with E-state index in [1.165, 1.54) is 0 Å². The van der Waals surface area contributed by atoms with Crippen molar-refractivity contribution in [1.29, 1.82) is 0 Å². The molecule has 0 saturated heterocycles. The molecule has 0 aliphatic heterocycles. The molecule has 2 aromatic carbocycles. The van der Waals surface area contributed by atoms with Crippen molar-refractivity contribution in [2.45, 2.75) is 19.4 Å². The highest BCUT2D eigenvalue weighted by Crippen LogP contribution is 2.29. The molecule has 8 nitrogen and oxygen atoms in total. The standard InChI is InChI=1S/C14H19NO4.C7H6F3NO2/c1-3-14(16)19-13(9-17-4-2)10-18-12-7-5-11(15)6-8-12;8-7(9,10)13-4-1-2-5(11)6(12)3-4/h3,5-8,13H,1,4,9-10,15H2,2H3;1-3,12H,11H2. The summed E-state index contributed by atoms with van der Waals surface area (Å²) in [7, 11) is 0. The number of benzene rings is 2. The molecule has 2 aromatic rings. The molecule has 1 unspecified atom stereocenters. The van der Waals surface area contributed by atoms with Gasteiger partial charge in [-0.3, -0.25) is 0 Å². The highest BCUT2D eigenvalue weighted by Gasteiger charge is 2.31. The first kappa shape index (κ1) is 26.4. The molecule has 5 N–H and O–H groups in total. The van der Waals surface area contributed by atoms with Gasteiger partial charge in [0.2, 0.25) is 0 Å². The van der Waals surface area contributed by atoms with Crippen molar-refractivity contribution in [3.63, 3.8) is 0 Å². The van der Waals surface area contributed by atoms with Crippen LogP contribution in [0.25, 0.3) is 0 Å². The summed E-state index contributed by atoms with van der Waals surface area (Å²) < 4.78 is 54.3. The summed E-state index contributed by atoms with van der Waals surface area (Å²) in [5.74, 6) is -0.781. The summed E-state index contributed by atoms with van der Waals surface area (Å²) in [4.78, 5) is 11.2. The van der Waals surface area contributed by atoms with Gasteiger partial charge in [0, 0.05) is 24.4 Å². The third kappa shape index (κ3) is 11.0. The molecule has 11 heteroatoms. The number of hydrogen-bond acceptors (Lipinski definition) is 8. The molecule has 0 amide bonds. The summed E-state index contributed by atoms with van der Waals surface area (Å²) in [6, 6.07) is 9.91. The summed E-state index contributed by atoms with van der Waals surface area (Å²) in [5.41, 5.74) is 11.4. The predicted octanol–water partition coefficient (Wildman–Crippen LogP) is 3.65. The van der Waals surface area contributed by atoms with Gasteiger partial charge >= 0.3 is 12.3 Å². The van der Waals surface area contributed by atoms with E-state index in [2.05, 4.69) is 11.3 Å². The van der Waals surface area contributed by atoms with Gasteiger partial charge < -0.3 is 35.5 Å². The van der Waals surface area contributed by atoms with Crippen molar-refractivity contribution in [2.75, 3.05) is 31.3 Å². The van der Waals surface area contributed by atoms with Gasteiger partial charge in [-0.05, 0) is 43.3 Å². The Labute approximate surface area is 183 Å². The molecular weight excluding hydrogens is 433 g/mol. The van der Waals surface area contributed by atoms with Gasteiger partial charge in [-0.1, -0.05) is 6.58 Å². The maximum absolute atomic E-state index is 11.6. The Morgan fingerprint density at radius 1 is 1.12 bits per heavy atom. The van der Waals surface area contributed by atoms with Gasteiger partial charge in [0.1, 0.15) is 23.9 Å². The van der Waals surface area contributed by atoms with Crippen LogP contribution in [0.15, 0.2) is 55.1 Å². The second kappa shape index (κ2) is 13.0. The van der Waals surface area contributed by atoms with Crippen LogP contribution in [0.2, 0.25) is 0 Å². The van der Waals surface area contributed by atoms with Crippen molar-refractivity contribution < 1.29 is 42.0 Å². The van der Waals surface area contributed by atoms with E-state index in [1.54, 1.807) is 24.3 Å². The van der Waals surface area contributed by atoms with E-state index in [1.807, 2.05) is 6.92 Å². The molecule has 0 aliphatic carbocycles. The lowest BCUT2D eigenvalue weighted by atomic mass is 10.3. The summed E-state index contributed by atoms with van der Waals surface area (Å²) in [5, 5.41) is 8.92. The van der Waals surface area contributed by atoms with Crippen LogP contribution < -0.4 is 20.9 Å². The molecule has 176 valence electrons. The monoisotopic (exact) mass is 458 g/mol. The SMILES string of the molecule is C=CC(=O)OC(COCC)COc1ccc(N)cc1.Nc1ccc(OC(F)(F)F)cc1O. The van der Waals surface area contributed by atoms with Crippen molar-refractivity contribution in [1.82, 2.24) is 0 Å². The van der Waals surface area contributed by atoms with Crippen molar-refractivity contribution >= 4 is 17.3 Å². The fourth-order valence-corrected chi connectivity index (χ4v) is 2.05. The fraction of sp³-hybridized carbons (Fsp3) is 0.286. The number of nitrogen functional groups attached to an aromatic ring is 2. The van der Waals surface area contributed by atoms with E-state index in [-0.39, 0.29) is 18.9 Å². The Balaban J connectivity index is 0.000000343. The molecule has 0 saturated carbocycles. The average molecular weight is 458 g/mol. The van der Waals surface area contributed by atoms with Crippen LogP contribution in [-0.2, 0) is 14.3 Å². The van der Waals surface area contributed by atoms with Crippen LogP contribution in [0.3, 0.4) is 0 Å². The first-order valence-electron chi connectivity index (χ1n) is 9.27. The minimum Gasteiger partial charge on any atom is -0.506 e. The lowest BCUT2D eigenvalue weighted by Crippen LogP contribution is -2.29. The zero-order valence-electron chi connectivity index (χ0n) is 17.3.